The Morgan fingerprint density at radius 3 is 2.93 bits per heavy atom. The largest absolute Gasteiger partial charge is 0.388 e. The molecule has 88 valence electrons. The molecule has 1 heterocycles. The lowest BCUT2D eigenvalue weighted by Crippen LogP contribution is -2.39. The molecule has 0 radical (unpaired) electrons. The smallest absolute Gasteiger partial charge is 0.0918 e. The van der Waals surface area contributed by atoms with Crippen LogP contribution in [-0.4, -0.2) is 56.8 Å². The Bertz CT molecular complexity index is 193. The molecule has 0 aromatic heterocycles. The Morgan fingerprint density at radius 2 is 2.40 bits per heavy atom. The van der Waals surface area contributed by atoms with Crippen molar-refractivity contribution in [1.29, 1.82) is 5.41 Å². The molecule has 1 aliphatic rings. The second kappa shape index (κ2) is 6.76. The molecule has 0 bridgehead atoms. The summed E-state index contributed by atoms with van der Waals surface area (Å²) >= 11 is 0. The van der Waals surface area contributed by atoms with E-state index in [1.54, 1.807) is 7.11 Å². The van der Waals surface area contributed by atoms with Crippen LogP contribution in [0.25, 0.3) is 0 Å². The molecule has 5 nitrogen and oxygen atoms in total. The van der Waals surface area contributed by atoms with Crippen molar-refractivity contribution in [2.45, 2.75) is 18.9 Å². The van der Waals surface area contributed by atoms with Crippen LogP contribution in [0.3, 0.4) is 0 Å². The zero-order chi connectivity index (χ0) is 11.1. The Labute approximate surface area is 91.0 Å². The molecule has 0 saturated carbocycles. The summed E-state index contributed by atoms with van der Waals surface area (Å²) in [4.78, 5) is 2.30. The average Bonchev–Trinajstić information content (AvgIpc) is 2.71. The third-order valence-corrected chi connectivity index (χ3v) is 2.67. The van der Waals surface area contributed by atoms with E-state index in [1.165, 1.54) is 0 Å². The molecule has 1 rings (SSSR count). The Kier molecular flexibility index (Phi) is 5.60. The molecule has 0 aromatic carbocycles. The van der Waals surface area contributed by atoms with E-state index in [0.29, 0.717) is 19.1 Å². The number of nitrogens with two attached hydrogens (primary N) is 1. The normalized spacial score (nSPS) is 21.1. The zero-order valence-electron chi connectivity index (χ0n) is 9.37. The van der Waals surface area contributed by atoms with Crippen LogP contribution in [-0.2, 0) is 9.47 Å². The highest BCUT2D eigenvalue weighted by molar-refractivity contribution is 5.76. The van der Waals surface area contributed by atoms with E-state index in [0.717, 1.165) is 32.7 Å². The van der Waals surface area contributed by atoms with Crippen molar-refractivity contribution < 1.29 is 9.47 Å². The van der Waals surface area contributed by atoms with E-state index in [1.807, 2.05) is 0 Å². The highest BCUT2D eigenvalue weighted by atomic mass is 16.5. The van der Waals surface area contributed by atoms with Crippen molar-refractivity contribution in [3.8, 4) is 0 Å². The number of nitrogens with one attached hydrogen (secondary N) is 1. The molecular formula is C10H21N3O2. The van der Waals surface area contributed by atoms with Gasteiger partial charge in [-0.3, -0.25) is 10.3 Å². The number of nitrogens with zero attached hydrogens (tertiary/aromatic N) is 1. The van der Waals surface area contributed by atoms with E-state index in [4.69, 9.17) is 20.6 Å². The van der Waals surface area contributed by atoms with Crippen LogP contribution in [0.5, 0.6) is 0 Å². The standard InChI is InChI=1S/C10H21N3O2/c1-14-7-5-13(4-2-10(11)12)9-3-6-15-8-9/h9H,2-8H2,1H3,(H3,11,12). The van der Waals surface area contributed by atoms with Crippen molar-refractivity contribution in [1.82, 2.24) is 4.90 Å². The first-order valence-corrected chi connectivity index (χ1v) is 5.37. The predicted molar refractivity (Wildman–Crippen MR) is 59.2 cm³/mol. The van der Waals surface area contributed by atoms with Crippen molar-refractivity contribution in [3.63, 3.8) is 0 Å². The Hall–Kier alpha value is -0.650. The number of ether oxygens (including phenoxy) is 2. The summed E-state index contributed by atoms with van der Waals surface area (Å²) in [6.07, 6.45) is 1.70. The average molecular weight is 215 g/mol. The molecule has 0 aromatic rings. The molecule has 3 N–H and O–H groups in total. The van der Waals surface area contributed by atoms with Gasteiger partial charge >= 0.3 is 0 Å². The summed E-state index contributed by atoms with van der Waals surface area (Å²) < 4.78 is 10.4. The summed E-state index contributed by atoms with van der Waals surface area (Å²) in [6.45, 7) is 4.06. The molecule has 5 heteroatoms. The van der Waals surface area contributed by atoms with Crippen LogP contribution >= 0.6 is 0 Å². The minimum absolute atomic E-state index is 0.247. The molecule has 1 saturated heterocycles. The van der Waals surface area contributed by atoms with Crippen LogP contribution in [0, 0.1) is 5.41 Å². The van der Waals surface area contributed by atoms with Crippen molar-refractivity contribution >= 4 is 5.84 Å². The number of rotatable bonds is 7. The molecule has 0 aliphatic carbocycles. The fourth-order valence-electron chi connectivity index (χ4n) is 1.76. The number of methoxy groups -OCH3 is 1. The van der Waals surface area contributed by atoms with Gasteiger partial charge in [0.2, 0.25) is 0 Å². The van der Waals surface area contributed by atoms with Crippen LogP contribution in [0.1, 0.15) is 12.8 Å². The van der Waals surface area contributed by atoms with Crippen LogP contribution in [0.2, 0.25) is 0 Å². The van der Waals surface area contributed by atoms with Crippen molar-refractivity contribution in [2.24, 2.45) is 5.73 Å². The first kappa shape index (κ1) is 12.4. The third-order valence-electron chi connectivity index (χ3n) is 2.67. The molecule has 1 unspecified atom stereocenters. The lowest BCUT2D eigenvalue weighted by atomic mass is 10.2. The molecule has 1 fully saturated rings. The van der Waals surface area contributed by atoms with Gasteiger partial charge in [0.05, 0.1) is 19.0 Å². The molecule has 1 aliphatic heterocycles. The summed E-state index contributed by atoms with van der Waals surface area (Å²) in [5.74, 6) is 0.247. The van der Waals surface area contributed by atoms with E-state index in [9.17, 15) is 0 Å². The maximum atomic E-state index is 7.22. The van der Waals surface area contributed by atoms with Crippen LogP contribution in [0.4, 0.5) is 0 Å². The van der Waals surface area contributed by atoms with Gasteiger partial charge in [-0.05, 0) is 6.42 Å². The highest BCUT2D eigenvalue weighted by Gasteiger charge is 2.22. The van der Waals surface area contributed by atoms with Gasteiger partial charge in [0.1, 0.15) is 0 Å². The van der Waals surface area contributed by atoms with Gasteiger partial charge in [-0.1, -0.05) is 0 Å². The van der Waals surface area contributed by atoms with Gasteiger partial charge in [0.15, 0.2) is 0 Å². The monoisotopic (exact) mass is 215 g/mol. The van der Waals surface area contributed by atoms with E-state index >= 15 is 0 Å². The lowest BCUT2D eigenvalue weighted by Gasteiger charge is -2.27. The van der Waals surface area contributed by atoms with Crippen LogP contribution in [0.15, 0.2) is 0 Å². The fraction of sp³-hybridized carbons (Fsp3) is 0.900. The SMILES string of the molecule is COCCN(CCC(=N)N)C1CCOC1. The Morgan fingerprint density at radius 1 is 1.60 bits per heavy atom. The molecular weight excluding hydrogens is 194 g/mol. The van der Waals surface area contributed by atoms with Gasteiger partial charge in [0.25, 0.3) is 0 Å². The number of amidine groups is 1. The highest BCUT2D eigenvalue weighted by Crippen LogP contribution is 2.12. The number of hydrogen-bond acceptors (Lipinski definition) is 4. The first-order valence-electron chi connectivity index (χ1n) is 5.37. The minimum Gasteiger partial charge on any atom is -0.388 e. The lowest BCUT2D eigenvalue weighted by molar-refractivity contribution is 0.107. The van der Waals surface area contributed by atoms with E-state index in [-0.39, 0.29) is 5.84 Å². The molecule has 0 amide bonds. The van der Waals surface area contributed by atoms with Crippen LogP contribution < -0.4 is 5.73 Å². The first-order chi connectivity index (χ1) is 7.24. The summed E-state index contributed by atoms with van der Waals surface area (Å²) in [5.41, 5.74) is 5.36. The third kappa shape index (κ3) is 4.59. The van der Waals surface area contributed by atoms with Crippen molar-refractivity contribution in [3.05, 3.63) is 0 Å². The van der Waals surface area contributed by atoms with E-state index in [2.05, 4.69) is 4.90 Å². The fourth-order valence-corrected chi connectivity index (χ4v) is 1.76. The van der Waals surface area contributed by atoms with Gasteiger partial charge in [-0.15, -0.1) is 0 Å². The quantitative estimate of drug-likeness (QED) is 0.465. The number of hydrogen-bond donors (Lipinski definition) is 2. The molecule has 15 heavy (non-hydrogen) atoms. The van der Waals surface area contributed by atoms with Gasteiger partial charge in [-0.2, -0.15) is 0 Å². The van der Waals surface area contributed by atoms with E-state index < -0.39 is 0 Å². The topological polar surface area (TPSA) is 71.6 Å². The van der Waals surface area contributed by atoms with Gasteiger partial charge in [0, 0.05) is 39.3 Å². The predicted octanol–water partition coefficient (Wildman–Crippen LogP) is 0.0498. The minimum atomic E-state index is 0.247. The van der Waals surface area contributed by atoms with Gasteiger partial charge in [-0.25, -0.2) is 0 Å². The zero-order valence-corrected chi connectivity index (χ0v) is 9.37. The summed E-state index contributed by atoms with van der Waals surface area (Å²) in [5, 5.41) is 7.22. The molecule has 0 spiro atoms. The summed E-state index contributed by atoms with van der Waals surface area (Å²) in [7, 11) is 1.70. The van der Waals surface area contributed by atoms with Gasteiger partial charge < -0.3 is 15.2 Å². The van der Waals surface area contributed by atoms with Crippen molar-refractivity contribution in [2.75, 3.05) is 40.0 Å². The Balaban J connectivity index is 2.33. The second-order valence-corrected chi connectivity index (χ2v) is 3.82. The maximum absolute atomic E-state index is 7.22. The maximum Gasteiger partial charge on any atom is 0.0918 e. The second-order valence-electron chi connectivity index (χ2n) is 3.82. The molecule has 1 atom stereocenters. The summed E-state index contributed by atoms with van der Waals surface area (Å²) in [6, 6.07) is 0.472.